The van der Waals surface area contributed by atoms with Gasteiger partial charge >= 0.3 is 0 Å². The van der Waals surface area contributed by atoms with Crippen molar-refractivity contribution in [1.82, 2.24) is 0 Å². The Hall–Kier alpha value is -1.12. The van der Waals surface area contributed by atoms with Crippen LogP contribution in [0.2, 0.25) is 0 Å². The number of hydrogen-bond acceptors (Lipinski definition) is 2. The zero-order valence-electron chi connectivity index (χ0n) is 7.88. The molecule has 2 N–H and O–H groups in total. The minimum Gasteiger partial charge on any atom is -0.370 e. The summed E-state index contributed by atoms with van der Waals surface area (Å²) in [6, 6.07) is 0. The number of hydrogen-bond donors (Lipinski definition) is 1. The second kappa shape index (κ2) is 4.21. The zero-order valence-corrected chi connectivity index (χ0v) is 7.88. The Labute approximate surface area is 78.0 Å². The van der Waals surface area contributed by atoms with Gasteiger partial charge in [0.25, 0.3) is 0 Å². The molecule has 0 aromatic rings. The molecule has 0 heterocycles. The van der Waals surface area contributed by atoms with Crippen molar-refractivity contribution in [2.24, 2.45) is 11.7 Å². The van der Waals surface area contributed by atoms with Crippen LogP contribution in [0.15, 0.2) is 11.6 Å². The van der Waals surface area contributed by atoms with Crippen LogP contribution in [0.3, 0.4) is 0 Å². The zero-order chi connectivity index (χ0) is 9.84. The Kier molecular flexibility index (Phi) is 3.23. The number of ketones is 1. The maximum absolute atomic E-state index is 11.0. The van der Waals surface area contributed by atoms with Crippen LogP contribution in [-0.2, 0) is 9.59 Å². The lowest BCUT2D eigenvalue weighted by molar-refractivity contribution is -0.119. The molecule has 1 aliphatic carbocycles. The smallest absolute Gasteiger partial charge is 0.217 e. The summed E-state index contributed by atoms with van der Waals surface area (Å²) < 4.78 is 0. The molecule has 72 valence electrons. The third-order valence-electron chi connectivity index (χ3n) is 2.42. The number of amides is 1. The lowest BCUT2D eigenvalue weighted by Crippen LogP contribution is -2.16. The average Bonchev–Trinajstić information content (AvgIpc) is 2.02. The summed E-state index contributed by atoms with van der Waals surface area (Å²) in [6.45, 7) is 2.02. The van der Waals surface area contributed by atoms with Gasteiger partial charge in [0, 0.05) is 19.3 Å². The van der Waals surface area contributed by atoms with Gasteiger partial charge in [-0.15, -0.1) is 0 Å². The fourth-order valence-corrected chi connectivity index (χ4v) is 1.62. The first-order chi connectivity index (χ1) is 6.09. The molecule has 1 atom stereocenters. The van der Waals surface area contributed by atoms with Crippen molar-refractivity contribution in [3.05, 3.63) is 11.6 Å². The van der Waals surface area contributed by atoms with Gasteiger partial charge in [-0.05, 0) is 12.3 Å². The molecule has 0 saturated carbocycles. The first kappa shape index (κ1) is 9.96. The lowest BCUT2D eigenvalue weighted by atomic mass is 9.86. The van der Waals surface area contributed by atoms with Gasteiger partial charge in [-0.3, -0.25) is 9.59 Å². The van der Waals surface area contributed by atoms with E-state index in [9.17, 15) is 9.59 Å². The van der Waals surface area contributed by atoms with E-state index >= 15 is 0 Å². The van der Waals surface area contributed by atoms with Crippen molar-refractivity contribution >= 4 is 11.7 Å². The molecule has 13 heavy (non-hydrogen) atoms. The van der Waals surface area contributed by atoms with Crippen molar-refractivity contribution in [2.75, 3.05) is 0 Å². The summed E-state index contributed by atoms with van der Waals surface area (Å²) in [4.78, 5) is 21.6. The molecule has 0 spiro atoms. The molecule has 0 radical (unpaired) electrons. The summed E-state index contributed by atoms with van der Waals surface area (Å²) in [7, 11) is 0. The highest BCUT2D eigenvalue weighted by atomic mass is 16.1. The molecule has 0 aromatic heterocycles. The quantitative estimate of drug-likeness (QED) is 0.664. The van der Waals surface area contributed by atoms with Crippen molar-refractivity contribution in [3.63, 3.8) is 0 Å². The number of nitrogens with two attached hydrogens (primary N) is 1. The monoisotopic (exact) mass is 181 g/mol. The lowest BCUT2D eigenvalue weighted by Gasteiger charge is -2.19. The minimum atomic E-state index is -0.273. The standard InChI is InChI=1S/C10H15NO2/c1-7-6-9(12)4-2-8(7)3-5-10(11)13/h2,7H,3-6H2,1H3,(H2,11,13). The van der Waals surface area contributed by atoms with Gasteiger partial charge in [-0.25, -0.2) is 0 Å². The first-order valence-corrected chi connectivity index (χ1v) is 4.58. The van der Waals surface area contributed by atoms with Crippen molar-refractivity contribution in [3.8, 4) is 0 Å². The summed E-state index contributed by atoms with van der Waals surface area (Å²) >= 11 is 0. The molecule has 0 saturated heterocycles. The van der Waals surface area contributed by atoms with E-state index in [1.807, 2.05) is 13.0 Å². The molecule has 0 aliphatic heterocycles. The van der Waals surface area contributed by atoms with Crippen LogP contribution < -0.4 is 5.73 Å². The van der Waals surface area contributed by atoms with Gasteiger partial charge in [0.2, 0.25) is 5.91 Å². The maximum atomic E-state index is 11.0. The fraction of sp³-hybridized carbons (Fsp3) is 0.600. The summed E-state index contributed by atoms with van der Waals surface area (Å²) in [5.74, 6) is 0.306. The first-order valence-electron chi connectivity index (χ1n) is 4.58. The van der Waals surface area contributed by atoms with E-state index in [0.717, 1.165) is 0 Å². The van der Waals surface area contributed by atoms with Crippen LogP contribution >= 0.6 is 0 Å². The number of rotatable bonds is 3. The van der Waals surface area contributed by atoms with Gasteiger partial charge < -0.3 is 5.73 Å². The van der Waals surface area contributed by atoms with Crippen LogP contribution in [0.1, 0.15) is 32.6 Å². The van der Waals surface area contributed by atoms with Gasteiger partial charge in [-0.1, -0.05) is 18.6 Å². The molecule has 1 rings (SSSR count). The highest BCUT2D eigenvalue weighted by molar-refractivity contribution is 5.82. The topological polar surface area (TPSA) is 60.2 Å². The van der Waals surface area contributed by atoms with E-state index in [1.54, 1.807) is 0 Å². The molecule has 1 aliphatic rings. The van der Waals surface area contributed by atoms with Crippen LogP contribution in [0.25, 0.3) is 0 Å². The van der Waals surface area contributed by atoms with Gasteiger partial charge in [-0.2, -0.15) is 0 Å². The molecular weight excluding hydrogens is 166 g/mol. The van der Waals surface area contributed by atoms with Crippen molar-refractivity contribution in [2.45, 2.75) is 32.6 Å². The molecule has 1 amide bonds. The van der Waals surface area contributed by atoms with Gasteiger partial charge in [0.1, 0.15) is 5.78 Å². The van der Waals surface area contributed by atoms with E-state index in [-0.39, 0.29) is 11.7 Å². The van der Waals surface area contributed by atoms with Crippen LogP contribution in [0.4, 0.5) is 0 Å². The van der Waals surface area contributed by atoms with Crippen molar-refractivity contribution < 1.29 is 9.59 Å². The van der Waals surface area contributed by atoms with Crippen LogP contribution in [0.5, 0.6) is 0 Å². The van der Waals surface area contributed by atoms with E-state index < -0.39 is 0 Å². The summed E-state index contributed by atoms with van der Waals surface area (Å²) in [6.07, 6.45) is 4.19. The third kappa shape index (κ3) is 3.01. The van der Waals surface area contributed by atoms with Crippen LogP contribution in [-0.4, -0.2) is 11.7 Å². The largest absolute Gasteiger partial charge is 0.370 e. The molecule has 0 bridgehead atoms. The van der Waals surface area contributed by atoms with Crippen molar-refractivity contribution in [1.29, 1.82) is 0 Å². The predicted molar refractivity (Wildman–Crippen MR) is 49.9 cm³/mol. The molecule has 3 nitrogen and oxygen atoms in total. The maximum Gasteiger partial charge on any atom is 0.217 e. The number of allylic oxidation sites excluding steroid dienone is 2. The predicted octanol–water partition coefficient (Wildman–Crippen LogP) is 1.18. The highest BCUT2D eigenvalue weighted by Gasteiger charge is 2.18. The fourth-order valence-electron chi connectivity index (χ4n) is 1.62. The Morgan fingerprint density at radius 3 is 2.92 bits per heavy atom. The Morgan fingerprint density at radius 2 is 2.38 bits per heavy atom. The van der Waals surface area contributed by atoms with E-state index in [4.69, 9.17) is 5.73 Å². The Bertz CT molecular complexity index is 256. The third-order valence-corrected chi connectivity index (χ3v) is 2.42. The number of primary amides is 1. The molecule has 0 fully saturated rings. The van der Waals surface area contributed by atoms with E-state index in [0.29, 0.717) is 31.6 Å². The Morgan fingerprint density at radius 1 is 1.69 bits per heavy atom. The summed E-state index contributed by atoms with van der Waals surface area (Å²) in [5.41, 5.74) is 6.26. The van der Waals surface area contributed by atoms with Gasteiger partial charge in [0.05, 0.1) is 0 Å². The SMILES string of the molecule is CC1CC(=O)CC=C1CCC(N)=O. The van der Waals surface area contributed by atoms with Gasteiger partial charge in [0.15, 0.2) is 0 Å². The average molecular weight is 181 g/mol. The second-order valence-electron chi connectivity index (χ2n) is 3.59. The molecule has 3 heteroatoms. The Balaban J connectivity index is 2.49. The molecule has 0 aromatic carbocycles. The van der Waals surface area contributed by atoms with Crippen LogP contribution in [0, 0.1) is 5.92 Å². The highest BCUT2D eigenvalue weighted by Crippen LogP contribution is 2.25. The normalized spacial score (nSPS) is 22.7. The number of carbonyl (C=O) groups is 2. The minimum absolute atomic E-state index is 0.273. The van der Waals surface area contributed by atoms with E-state index in [1.165, 1.54) is 5.57 Å². The van der Waals surface area contributed by atoms with E-state index in [2.05, 4.69) is 0 Å². The second-order valence-corrected chi connectivity index (χ2v) is 3.59. The number of Topliss-reactive ketones (excluding diaryl/α,β-unsaturated/α-hetero) is 1. The molecular formula is C10H15NO2. The number of carbonyl (C=O) groups excluding carboxylic acids is 2. The summed E-state index contributed by atoms with van der Waals surface area (Å²) in [5, 5.41) is 0. The molecule has 1 unspecified atom stereocenters.